The van der Waals surface area contributed by atoms with Gasteiger partial charge in [0.2, 0.25) is 0 Å². The molecule has 1 aliphatic rings. The van der Waals surface area contributed by atoms with Crippen LogP contribution in [0.1, 0.15) is 46.5 Å². The maximum absolute atomic E-state index is 12.1. The van der Waals surface area contributed by atoms with Crippen molar-refractivity contribution in [2.75, 3.05) is 7.11 Å². The van der Waals surface area contributed by atoms with E-state index in [0.29, 0.717) is 6.42 Å². The van der Waals surface area contributed by atoms with Gasteiger partial charge in [0.15, 0.2) is 5.78 Å². The lowest BCUT2D eigenvalue weighted by Crippen LogP contribution is -2.27. The van der Waals surface area contributed by atoms with Gasteiger partial charge in [-0.1, -0.05) is 33.6 Å². The Balaban J connectivity index is 2.62. The highest BCUT2D eigenvalue weighted by atomic mass is 16.5. The molecular weight excluding hydrogens is 204 g/mol. The van der Waals surface area contributed by atoms with E-state index < -0.39 is 5.92 Å². The van der Waals surface area contributed by atoms with Gasteiger partial charge in [-0.2, -0.15) is 0 Å². The average molecular weight is 226 g/mol. The third kappa shape index (κ3) is 2.83. The minimum atomic E-state index is -0.531. The van der Waals surface area contributed by atoms with Gasteiger partial charge in [-0.05, 0) is 18.3 Å². The number of hydrogen-bond donors (Lipinski definition) is 0. The fraction of sp³-hybridized carbons (Fsp3) is 0.846. The van der Waals surface area contributed by atoms with Gasteiger partial charge < -0.3 is 4.74 Å². The first-order valence-corrected chi connectivity index (χ1v) is 6.05. The highest BCUT2D eigenvalue weighted by Gasteiger charge is 2.53. The Hall–Kier alpha value is -0.860. The van der Waals surface area contributed by atoms with E-state index in [1.54, 1.807) is 0 Å². The van der Waals surface area contributed by atoms with Crippen molar-refractivity contribution in [2.45, 2.75) is 46.5 Å². The van der Waals surface area contributed by atoms with Crippen molar-refractivity contribution in [3.05, 3.63) is 0 Å². The second kappa shape index (κ2) is 4.98. The van der Waals surface area contributed by atoms with Crippen LogP contribution in [0.3, 0.4) is 0 Å². The van der Waals surface area contributed by atoms with Crippen LogP contribution in [-0.4, -0.2) is 18.9 Å². The molecule has 1 saturated carbocycles. The molecule has 0 bridgehead atoms. The number of unbranched alkanes of at least 4 members (excludes halogenated alkanes) is 1. The summed E-state index contributed by atoms with van der Waals surface area (Å²) in [5, 5.41) is 0. The van der Waals surface area contributed by atoms with E-state index >= 15 is 0 Å². The van der Waals surface area contributed by atoms with Crippen LogP contribution < -0.4 is 0 Å². The van der Waals surface area contributed by atoms with Crippen molar-refractivity contribution in [3.63, 3.8) is 0 Å². The highest BCUT2D eigenvalue weighted by Crippen LogP contribution is 2.53. The summed E-state index contributed by atoms with van der Waals surface area (Å²) >= 11 is 0. The standard InChI is InChI=1S/C13H22O3/c1-5-6-7-9(12(15)16-4)11(14)10-8-13(10,2)3/h9-10H,5-8H2,1-4H3. The van der Waals surface area contributed by atoms with Gasteiger partial charge in [0.1, 0.15) is 5.92 Å². The molecule has 16 heavy (non-hydrogen) atoms. The van der Waals surface area contributed by atoms with Crippen LogP contribution in [-0.2, 0) is 14.3 Å². The average Bonchev–Trinajstić information content (AvgIpc) is 2.87. The van der Waals surface area contributed by atoms with E-state index in [0.717, 1.165) is 19.3 Å². The second-order valence-electron chi connectivity index (χ2n) is 5.37. The zero-order valence-electron chi connectivity index (χ0n) is 10.7. The van der Waals surface area contributed by atoms with Crippen molar-refractivity contribution >= 4 is 11.8 Å². The van der Waals surface area contributed by atoms with Gasteiger partial charge in [-0.15, -0.1) is 0 Å². The van der Waals surface area contributed by atoms with Crippen molar-refractivity contribution in [1.82, 2.24) is 0 Å². The molecule has 0 saturated heterocycles. The van der Waals surface area contributed by atoms with E-state index in [1.807, 2.05) is 0 Å². The molecule has 0 aromatic rings. The molecule has 0 radical (unpaired) electrons. The smallest absolute Gasteiger partial charge is 0.316 e. The number of carbonyl (C=O) groups excluding carboxylic acids is 2. The molecule has 1 aliphatic carbocycles. The van der Waals surface area contributed by atoms with Crippen LogP contribution in [0.15, 0.2) is 0 Å². The minimum absolute atomic E-state index is 0.0634. The molecule has 0 spiro atoms. The summed E-state index contributed by atoms with van der Waals surface area (Å²) in [5.41, 5.74) is 0.0928. The first kappa shape index (κ1) is 13.2. The van der Waals surface area contributed by atoms with Crippen molar-refractivity contribution in [3.8, 4) is 0 Å². The fourth-order valence-corrected chi connectivity index (χ4v) is 2.12. The molecule has 2 atom stereocenters. The predicted molar refractivity (Wildman–Crippen MR) is 61.9 cm³/mol. The summed E-state index contributed by atoms with van der Waals surface area (Å²) in [5.74, 6) is -0.739. The number of carbonyl (C=O) groups is 2. The lowest BCUT2D eigenvalue weighted by Gasteiger charge is -2.13. The molecule has 2 unspecified atom stereocenters. The summed E-state index contributed by atoms with van der Waals surface area (Å²) in [4.78, 5) is 23.7. The van der Waals surface area contributed by atoms with Crippen LogP contribution in [0.4, 0.5) is 0 Å². The summed E-state index contributed by atoms with van der Waals surface area (Å²) in [7, 11) is 1.35. The van der Waals surface area contributed by atoms with E-state index in [2.05, 4.69) is 20.8 Å². The van der Waals surface area contributed by atoms with E-state index in [9.17, 15) is 9.59 Å². The van der Waals surface area contributed by atoms with Crippen molar-refractivity contribution in [2.24, 2.45) is 17.3 Å². The number of esters is 1. The minimum Gasteiger partial charge on any atom is -0.468 e. The van der Waals surface area contributed by atoms with Gasteiger partial charge in [0, 0.05) is 5.92 Å². The molecule has 0 amide bonds. The molecule has 1 rings (SSSR count). The molecule has 0 aromatic carbocycles. The van der Waals surface area contributed by atoms with Crippen LogP contribution in [0.5, 0.6) is 0 Å². The Labute approximate surface area is 97.5 Å². The normalized spacial score (nSPS) is 23.6. The van der Waals surface area contributed by atoms with Crippen LogP contribution in [0.2, 0.25) is 0 Å². The largest absolute Gasteiger partial charge is 0.468 e. The van der Waals surface area contributed by atoms with Crippen LogP contribution >= 0.6 is 0 Å². The zero-order valence-corrected chi connectivity index (χ0v) is 10.7. The van der Waals surface area contributed by atoms with Crippen molar-refractivity contribution < 1.29 is 14.3 Å². The Morgan fingerprint density at radius 2 is 2.00 bits per heavy atom. The first-order valence-electron chi connectivity index (χ1n) is 6.05. The monoisotopic (exact) mass is 226 g/mol. The van der Waals surface area contributed by atoms with Crippen LogP contribution in [0, 0.1) is 17.3 Å². The van der Waals surface area contributed by atoms with Gasteiger partial charge >= 0.3 is 5.97 Å². The highest BCUT2D eigenvalue weighted by molar-refractivity contribution is 6.01. The number of Topliss-reactive ketones (excluding diaryl/α,β-unsaturated/α-hetero) is 1. The molecule has 92 valence electrons. The molecule has 0 aromatic heterocycles. The molecule has 1 fully saturated rings. The third-order valence-electron chi connectivity index (χ3n) is 3.53. The Morgan fingerprint density at radius 1 is 1.44 bits per heavy atom. The van der Waals surface area contributed by atoms with Crippen LogP contribution in [0.25, 0.3) is 0 Å². The number of rotatable bonds is 6. The SMILES string of the molecule is CCCCC(C(=O)OC)C(=O)C1CC1(C)C. The van der Waals surface area contributed by atoms with Gasteiger partial charge in [-0.25, -0.2) is 0 Å². The Morgan fingerprint density at radius 3 is 2.38 bits per heavy atom. The molecule has 0 aliphatic heterocycles. The molecule has 0 N–H and O–H groups in total. The molecule has 0 heterocycles. The van der Waals surface area contributed by atoms with E-state index in [-0.39, 0.29) is 23.1 Å². The zero-order chi connectivity index (χ0) is 12.3. The number of hydrogen-bond acceptors (Lipinski definition) is 3. The maximum Gasteiger partial charge on any atom is 0.316 e. The Kier molecular flexibility index (Phi) is 4.11. The molecular formula is C13H22O3. The lowest BCUT2D eigenvalue weighted by atomic mass is 9.92. The molecule has 3 heteroatoms. The summed E-state index contributed by atoms with van der Waals surface area (Å²) < 4.78 is 4.72. The third-order valence-corrected chi connectivity index (χ3v) is 3.53. The predicted octanol–water partition coefficient (Wildman–Crippen LogP) is 2.58. The molecule has 3 nitrogen and oxygen atoms in total. The summed E-state index contributed by atoms with van der Waals surface area (Å²) in [6, 6.07) is 0. The second-order valence-corrected chi connectivity index (χ2v) is 5.37. The topological polar surface area (TPSA) is 43.4 Å². The first-order chi connectivity index (χ1) is 7.44. The fourth-order valence-electron chi connectivity index (χ4n) is 2.12. The van der Waals surface area contributed by atoms with Gasteiger partial charge in [0.05, 0.1) is 7.11 Å². The lowest BCUT2D eigenvalue weighted by molar-refractivity contribution is -0.150. The number of ketones is 1. The van der Waals surface area contributed by atoms with E-state index in [4.69, 9.17) is 4.74 Å². The number of ether oxygens (including phenoxy) is 1. The quantitative estimate of drug-likeness (QED) is 0.516. The van der Waals surface area contributed by atoms with Gasteiger partial charge in [-0.3, -0.25) is 9.59 Å². The summed E-state index contributed by atoms with van der Waals surface area (Å²) in [6.07, 6.45) is 3.44. The maximum atomic E-state index is 12.1. The Bertz CT molecular complexity index is 281. The number of methoxy groups -OCH3 is 1. The van der Waals surface area contributed by atoms with Gasteiger partial charge in [0.25, 0.3) is 0 Å². The van der Waals surface area contributed by atoms with E-state index in [1.165, 1.54) is 7.11 Å². The van der Waals surface area contributed by atoms with Crippen molar-refractivity contribution in [1.29, 1.82) is 0 Å². The summed E-state index contributed by atoms with van der Waals surface area (Å²) in [6.45, 7) is 6.20.